The summed E-state index contributed by atoms with van der Waals surface area (Å²) in [7, 11) is 0. The zero-order valence-corrected chi connectivity index (χ0v) is 16.6. The highest BCUT2D eigenvalue weighted by atomic mass is 16.2. The van der Waals surface area contributed by atoms with Crippen LogP contribution in [0.3, 0.4) is 0 Å². The number of imidazole rings is 1. The van der Waals surface area contributed by atoms with Crippen molar-refractivity contribution >= 4 is 22.6 Å². The molecule has 4 aromatic rings. The van der Waals surface area contributed by atoms with Gasteiger partial charge in [0.05, 0.1) is 5.52 Å². The van der Waals surface area contributed by atoms with Gasteiger partial charge in [0, 0.05) is 44.0 Å². The van der Waals surface area contributed by atoms with Crippen LogP contribution in [0.15, 0.2) is 60.9 Å². The molecule has 1 fully saturated rings. The first-order valence-electron chi connectivity index (χ1n) is 9.93. The van der Waals surface area contributed by atoms with E-state index in [1.165, 1.54) is 0 Å². The normalized spacial score (nSPS) is 14.3. The summed E-state index contributed by atoms with van der Waals surface area (Å²) in [6, 6.07) is 15.5. The van der Waals surface area contributed by atoms with Crippen molar-refractivity contribution in [1.82, 2.24) is 29.6 Å². The summed E-state index contributed by atoms with van der Waals surface area (Å²) in [5, 5.41) is 9.74. The molecule has 0 spiro atoms. The summed E-state index contributed by atoms with van der Waals surface area (Å²) in [6.07, 6.45) is 3.61. The van der Waals surface area contributed by atoms with E-state index in [0.717, 1.165) is 28.4 Å². The number of carbonyl (C=O) groups is 1. The number of aryl methyl sites for hydroxylation is 1. The van der Waals surface area contributed by atoms with Crippen molar-refractivity contribution in [2.24, 2.45) is 0 Å². The zero-order chi connectivity index (χ0) is 20.5. The van der Waals surface area contributed by atoms with Crippen molar-refractivity contribution in [2.45, 2.75) is 6.92 Å². The van der Waals surface area contributed by atoms with Gasteiger partial charge in [0.25, 0.3) is 5.91 Å². The Kier molecular flexibility index (Phi) is 4.59. The summed E-state index contributed by atoms with van der Waals surface area (Å²) < 4.78 is 1.89. The molecule has 1 amide bonds. The summed E-state index contributed by atoms with van der Waals surface area (Å²) >= 11 is 0. The number of hydrogen-bond donors (Lipinski definition) is 0. The van der Waals surface area contributed by atoms with Crippen LogP contribution in [0.2, 0.25) is 0 Å². The highest BCUT2D eigenvalue weighted by Gasteiger charge is 2.24. The minimum absolute atomic E-state index is 0.0302. The number of piperazine rings is 1. The van der Waals surface area contributed by atoms with E-state index in [1.54, 1.807) is 12.3 Å². The molecule has 0 aliphatic carbocycles. The lowest BCUT2D eigenvalue weighted by atomic mass is 10.2. The maximum Gasteiger partial charge on any atom is 0.272 e. The molecule has 4 heterocycles. The van der Waals surface area contributed by atoms with E-state index in [0.29, 0.717) is 31.9 Å². The van der Waals surface area contributed by atoms with Gasteiger partial charge in [-0.25, -0.2) is 9.97 Å². The van der Waals surface area contributed by atoms with E-state index < -0.39 is 0 Å². The third-order valence-electron chi connectivity index (χ3n) is 5.42. The van der Waals surface area contributed by atoms with Crippen molar-refractivity contribution in [3.63, 3.8) is 0 Å². The highest BCUT2D eigenvalue weighted by Crippen LogP contribution is 2.17. The number of pyridine rings is 1. The first-order valence-corrected chi connectivity index (χ1v) is 9.93. The first kappa shape index (κ1) is 18.2. The van der Waals surface area contributed by atoms with Crippen molar-refractivity contribution in [1.29, 1.82) is 0 Å². The minimum Gasteiger partial charge on any atom is -0.352 e. The number of rotatable bonds is 3. The molecule has 0 saturated carbocycles. The quantitative estimate of drug-likeness (QED) is 0.527. The Morgan fingerprint density at radius 3 is 2.40 bits per heavy atom. The van der Waals surface area contributed by atoms with Crippen LogP contribution in [-0.4, -0.2) is 61.7 Å². The van der Waals surface area contributed by atoms with Gasteiger partial charge in [-0.15, -0.1) is 10.2 Å². The third-order valence-corrected chi connectivity index (χ3v) is 5.42. The maximum atomic E-state index is 12.9. The van der Waals surface area contributed by atoms with Crippen LogP contribution < -0.4 is 4.90 Å². The molecule has 8 heteroatoms. The minimum atomic E-state index is -0.0302. The molecule has 1 aromatic carbocycles. The number of benzene rings is 1. The number of para-hydroxylation sites is 1. The molecule has 0 unspecified atom stereocenters. The molecule has 5 rings (SSSR count). The number of aromatic nitrogens is 5. The van der Waals surface area contributed by atoms with Crippen LogP contribution in [0.25, 0.3) is 16.7 Å². The molecule has 0 N–H and O–H groups in total. The second kappa shape index (κ2) is 7.55. The Balaban J connectivity index is 1.25. The van der Waals surface area contributed by atoms with Gasteiger partial charge in [-0.2, -0.15) is 0 Å². The van der Waals surface area contributed by atoms with Crippen LogP contribution in [-0.2, 0) is 0 Å². The Bertz CT molecular complexity index is 1190. The van der Waals surface area contributed by atoms with Crippen LogP contribution in [0, 0.1) is 6.92 Å². The van der Waals surface area contributed by atoms with Gasteiger partial charge in [-0.05, 0) is 31.2 Å². The summed E-state index contributed by atoms with van der Waals surface area (Å²) in [5.41, 5.74) is 1.33. The van der Waals surface area contributed by atoms with Crippen LogP contribution in [0.4, 0.5) is 5.82 Å². The highest BCUT2D eigenvalue weighted by molar-refractivity contribution is 5.95. The predicted octanol–water partition coefficient (Wildman–Crippen LogP) is 2.48. The lowest BCUT2D eigenvalue weighted by Crippen LogP contribution is -2.49. The molecule has 1 saturated heterocycles. The molecule has 0 atom stereocenters. The van der Waals surface area contributed by atoms with Crippen molar-refractivity contribution in [2.75, 3.05) is 31.1 Å². The van der Waals surface area contributed by atoms with E-state index in [1.807, 2.05) is 65.1 Å². The number of carbonyl (C=O) groups excluding carboxylic acids is 1. The SMILES string of the molecule is Cc1nccn1-c1ccc(N2CCN(C(=O)c3ccc4ccccc4n3)CC2)nn1. The molecule has 1 aliphatic rings. The van der Waals surface area contributed by atoms with E-state index in [2.05, 4.69) is 25.1 Å². The van der Waals surface area contributed by atoms with Crippen molar-refractivity contribution in [3.05, 3.63) is 72.4 Å². The monoisotopic (exact) mass is 399 g/mol. The fraction of sp³-hybridized carbons (Fsp3) is 0.227. The van der Waals surface area contributed by atoms with Crippen molar-refractivity contribution < 1.29 is 4.79 Å². The number of nitrogens with zero attached hydrogens (tertiary/aromatic N) is 7. The van der Waals surface area contributed by atoms with E-state index in [9.17, 15) is 4.79 Å². The van der Waals surface area contributed by atoms with E-state index in [-0.39, 0.29) is 5.91 Å². The van der Waals surface area contributed by atoms with Gasteiger partial charge in [0.1, 0.15) is 11.5 Å². The Morgan fingerprint density at radius 2 is 1.67 bits per heavy atom. The largest absolute Gasteiger partial charge is 0.352 e. The molecular formula is C22H21N7O. The Hall–Kier alpha value is -3.81. The standard InChI is InChI=1S/C22H21N7O/c1-16-23-10-11-29(16)21-9-8-20(25-26-21)27-12-14-28(15-13-27)22(30)19-7-6-17-4-2-3-5-18(17)24-19/h2-11H,12-15H2,1H3. The maximum absolute atomic E-state index is 12.9. The number of anilines is 1. The average Bonchev–Trinajstić information content (AvgIpc) is 3.24. The van der Waals surface area contributed by atoms with E-state index in [4.69, 9.17) is 0 Å². The smallest absolute Gasteiger partial charge is 0.272 e. The lowest BCUT2D eigenvalue weighted by Gasteiger charge is -2.35. The third kappa shape index (κ3) is 3.36. The summed E-state index contributed by atoms with van der Waals surface area (Å²) in [6.45, 7) is 4.58. The predicted molar refractivity (Wildman–Crippen MR) is 114 cm³/mol. The van der Waals surface area contributed by atoms with Gasteiger partial charge >= 0.3 is 0 Å². The molecular weight excluding hydrogens is 378 g/mol. The number of amides is 1. The van der Waals surface area contributed by atoms with Gasteiger partial charge in [0.15, 0.2) is 11.6 Å². The average molecular weight is 399 g/mol. The molecule has 3 aromatic heterocycles. The second-order valence-electron chi connectivity index (χ2n) is 7.26. The number of fused-ring (bicyclic) bond motifs is 1. The van der Waals surface area contributed by atoms with Crippen LogP contribution in [0.1, 0.15) is 16.3 Å². The van der Waals surface area contributed by atoms with Gasteiger partial charge in [-0.3, -0.25) is 9.36 Å². The molecule has 1 aliphatic heterocycles. The molecule has 30 heavy (non-hydrogen) atoms. The molecule has 8 nitrogen and oxygen atoms in total. The Labute approximate surface area is 173 Å². The molecule has 150 valence electrons. The van der Waals surface area contributed by atoms with Crippen LogP contribution in [0.5, 0.6) is 0 Å². The summed E-state index contributed by atoms with van der Waals surface area (Å²) in [5.74, 6) is 2.39. The summed E-state index contributed by atoms with van der Waals surface area (Å²) in [4.78, 5) is 25.7. The van der Waals surface area contributed by atoms with Gasteiger partial charge in [-0.1, -0.05) is 24.3 Å². The zero-order valence-electron chi connectivity index (χ0n) is 16.6. The van der Waals surface area contributed by atoms with Gasteiger partial charge < -0.3 is 9.80 Å². The van der Waals surface area contributed by atoms with Gasteiger partial charge in [0.2, 0.25) is 0 Å². The fourth-order valence-corrected chi connectivity index (χ4v) is 3.72. The van der Waals surface area contributed by atoms with Crippen LogP contribution >= 0.6 is 0 Å². The lowest BCUT2D eigenvalue weighted by molar-refractivity contribution is 0.0741. The Morgan fingerprint density at radius 1 is 0.900 bits per heavy atom. The fourth-order valence-electron chi connectivity index (χ4n) is 3.72. The topological polar surface area (TPSA) is 80.0 Å². The molecule has 0 radical (unpaired) electrons. The first-order chi connectivity index (χ1) is 14.7. The van der Waals surface area contributed by atoms with Crippen molar-refractivity contribution in [3.8, 4) is 5.82 Å². The van der Waals surface area contributed by atoms with E-state index >= 15 is 0 Å². The number of hydrogen-bond acceptors (Lipinski definition) is 6. The molecule has 0 bridgehead atoms. The second-order valence-corrected chi connectivity index (χ2v) is 7.26.